The Balaban J connectivity index is 1.80. The van der Waals surface area contributed by atoms with Crippen LogP contribution >= 0.6 is 11.3 Å². The molecule has 2 N–H and O–H groups in total. The Morgan fingerprint density at radius 1 is 1.24 bits per heavy atom. The molecule has 0 aliphatic heterocycles. The van der Waals surface area contributed by atoms with Crippen molar-refractivity contribution < 1.29 is 9.53 Å². The van der Waals surface area contributed by atoms with Crippen molar-refractivity contribution in [2.75, 3.05) is 12.0 Å². The molecule has 0 spiro atoms. The topological polar surface area (TPSA) is 63.2 Å². The summed E-state index contributed by atoms with van der Waals surface area (Å²) in [7, 11) is 0. The van der Waals surface area contributed by atoms with Gasteiger partial charge in [-0.2, -0.15) is 0 Å². The second-order valence-electron chi connectivity index (χ2n) is 4.83. The zero-order chi connectivity index (χ0) is 15.4. The molecule has 2 amide bonds. The first-order chi connectivity index (χ1) is 9.95. The summed E-state index contributed by atoms with van der Waals surface area (Å²) in [6, 6.07) is 5.50. The lowest BCUT2D eigenvalue weighted by Crippen LogP contribution is -2.32. The molecule has 0 radical (unpaired) electrons. The zero-order valence-electron chi connectivity index (χ0n) is 12.6. The minimum atomic E-state index is -0.326. The predicted molar refractivity (Wildman–Crippen MR) is 85.2 cm³/mol. The number of hydrogen-bond donors (Lipinski definition) is 2. The lowest BCUT2D eigenvalue weighted by atomic mass is 10.1. The van der Waals surface area contributed by atoms with E-state index in [0.29, 0.717) is 5.13 Å². The zero-order valence-corrected chi connectivity index (χ0v) is 13.4. The molecule has 5 nitrogen and oxygen atoms in total. The van der Waals surface area contributed by atoms with Gasteiger partial charge in [0, 0.05) is 4.88 Å². The van der Waals surface area contributed by atoms with Crippen molar-refractivity contribution in [3.8, 4) is 5.75 Å². The van der Waals surface area contributed by atoms with Gasteiger partial charge >= 0.3 is 6.03 Å². The molecule has 0 aliphatic carbocycles. The van der Waals surface area contributed by atoms with Gasteiger partial charge in [-0.3, -0.25) is 5.32 Å². The Kier molecular flexibility index (Phi) is 4.80. The van der Waals surface area contributed by atoms with E-state index in [1.54, 1.807) is 0 Å². The lowest BCUT2D eigenvalue weighted by Gasteiger charge is -2.09. The van der Waals surface area contributed by atoms with Crippen LogP contribution in [0.5, 0.6) is 5.75 Å². The number of aromatic nitrogens is 1. The van der Waals surface area contributed by atoms with Gasteiger partial charge in [0.05, 0.1) is 5.69 Å². The third kappa shape index (κ3) is 4.19. The van der Waals surface area contributed by atoms with E-state index >= 15 is 0 Å². The van der Waals surface area contributed by atoms with E-state index in [9.17, 15) is 4.79 Å². The summed E-state index contributed by atoms with van der Waals surface area (Å²) in [5, 5.41) is 5.92. The number of anilines is 1. The Morgan fingerprint density at radius 2 is 2.00 bits per heavy atom. The number of carbonyl (C=O) groups is 1. The quantitative estimate of drug-likeness (QED) is 0.849. The van der Waals surface area contributed by atoms with Crippen LogP contribution in [0.3, 0.4) is 0 Å². The molecule has 0 saturated heterocycles. The molecular weight excluding hydrogens is 286 g/mol. The van der Waals surface area contributed by atoms with Crippen LogP contribution in [0.15, 0.2) is 18.2 Å². The van der Waals surface area contributed by atoms with Crippen molar-refractivity contribution >= 4 is 22.5 Å². The number of aryl methyl sites for hydroxylation is 4. The average Bonchev–Trinajstić information content (AvgIpc) is 2.72. The van der Waals surface area contributed by atoms with Crippen LogP contribution in [0.2, 0.25) is 0 Å². The molecule has 0 saturated carbocycles. The minimum absolute atomic E-state index is 0.109. The summed E-state index contributed by atoms with van der Waals surface area (Å²) in [6.45, 7) is 8.06. The molecule has 2 aromatic rings. The summed E-state index contributed by atoms with van der Waals surface area (Å²) in [5.74, 6) is 0.735. The predicted octanol–water partition coefficient (Wildman–Crippen LogP) is 3.53. The molecule has 1 heterocycles. The van der Waals surface area contributed by atoms with Gasteiger partial charge in [0.2, 0.25) is 0 Å². The highest BCUT2D eigenvalue weighted by Crippen LogP contribution is 2.20. The van der Waals surface area contributed by atoms with Gasteiger partial charge in [-0.25, -0.2) is 9.78 Å². The average molecular weight is 305 g/mol. The van der Waals surface area contributed by atoms with Crippen LogP contribution in [0, 0.1) is 27.7 Å². The van der Waals surface area contributed by atoms with Gasteiger partial charge in [-0.15, -0.1) is 11.3 Å². The first-order valence-electron chi connectivity index (χ1n) is 6.64. The fraction of sp³-hybridized carbons (Fsp3) is 0.333. The van der Waals surface area contributed by atoms with Crippen LogP contribution in [-0.4, -0.2) is 17.7 Å². The highest BCUT2D eigenvalue weighted by atomic mass is 32.1. The first kappa shape index (κ1) is 15.3. The molecule has 21 heavy (non-hydrogen) atoms. The lowest BCUT2D eigenvalue weighted by molar-refractivity contribution is 0.234. The van der Waals surface area contributed by atoms with Crippen molar-refractivity contribution in [3.05, 3.63) is 39.9 Å². The maximum atomic E-state index is 11.7. The molecule has 1 aromatic carbocycles. The summed E-state index contributed by atoms with van der Waals surface area (Å²) < 4.78 is 5.49. The molecule has 112 valence electrons. The molecule has 0 atom stereocenters. The van der Waals surface area contributed by atoms with Crippen LogP contribution < -0.4 is 15.4 Å². The van der Waals surface area contributed by atoms with Gasteiger partial charge < -0.3 is 10.1 Å². The van der Waals surface area contributed by atoms with Crippen LogP contribution in [0.25, 0.3) is 0 Å². The summed E-state index contributed by atoms with van der Waals surface area (Å²) in [6.07, 6.45) is 0. The summed E-state index contributed by atoms with van der Waals surface area (Å²) >= 11 is 1.45. The second kappa shape index (κ2) is 6.58. The van der Waals surface area contributed by atoms with E-state index in [0.717, 1.165) is 21.9 Å². The minimum Gasteiger partial charge on any atom is -0.473 e. The van der Waals surface area contributed by atoms with E-state index < -0.39 is 0 Å². The Hall–Kier alpha value is -2.08. The maximum Gasteiger partial charge on any atom is 0.323 e. The number of rotatable bonds is 4. The highest BCUT2D eigenvalue weighted by molar-refractivity contribution is 7.15. The van der Waals surface area contributed by atoms with Gasteiger partial charge in [0.1, 0.15) is 5.75 Å². The van der Waals surface area contributed by atoms with Gasteiger partial charge in [0.25, 0.3) is 0 Å². The fourth-order valence-corrected chi connectivity index (χ4v) is 2.47. The highest BCUT2D eigenvalue weighted by Gasteiger charge is 2.07. The fourth-order valence-electron chi connectivity index (χ4n) is 1.66. The summed E-state index contributed by atoms with van der Waals surface area (Å²) in [4.78, 5) is 17.0. The van der Waals surface area contributed by atoms with Crippen LogP contribution in [0.4, 0.5) is 9.93 Å². The smallest absolute Gasteiger partial charge is 0.323 e. The van der Waals surface area contributed by atoms with E-state index in [4.69, 9.17) is 4.74 Å². The number of ether oxygens (including phenoxy) is 1. The molecule has 0 bridgehead atoms. The van der Waals surface area contributed by atoms with Crippen molar-refractivity contribution in [1.82, 2.24) is 10.3 Å². The van der Waals surface area contributed by atoms with Crippen LogP contribution in [0.1, 0.15) is 21.7 Å². The number of benzene rings is 1. The first-order valence-corrected chi connectivity index (χ1v) is 7.46. The number of nitrogens with one attached hydrogen (secondary N) is 2. The van der Waals surface area contributed by atoms with Crippen molar-refractivity contribution in [2.24, 2.45) is 0 Å². The summed E-state index contributed by atoms with van der Waals surface area (Å²) in [5.41, 5.74) is 3.30. The number of hydrogen-bond acceptors (Lipinski definition) is 4. The molecule has 0 aliphatic rings. The second-order valence-corrected chi connectivity index (χ2v) is 6.03. The van der Waals surface area contributed by atoms with E-state index in [1.165, 1.54) is 16.9 Å². The molecule has 1 aromatic heterocycles. The third-order valence-corrected chi connectivity index (χ3v) is 4.19. The number of thiazole rings is 1. The van der Waals surface area contributed by atoms with Gasteiger partial charge in [-0.05, 0) is 51.0 Å². The Morgan fingerprint density at radius 3 is 2.62 bits per heavy atom. The number of nitrogens with zero attached hydrogens (tertiary/aromatic N) is 1. The normalized spacial score (nSPS) is 10.3. The third-order valence-electron chi connectivity index (χ3n) is 3.20. The molecule has 0 unspecified atom stereocenters. The standard InChI is InChI=1S/C15H19N3O2S/c1-9-5-6-13(7-10(9)2)20-8-16-14(19)18-15-17-11(3)12(4)21-15/h5-7H,8H2,1-4H3,(H2,16,17,18,19). The molecule has 0 fully saturated rings. The van der Waals surface area contributed by atoms with E-state index in [2.05, 4.69) is 15.6 Å². The van der Waals surface area contributed by atoms with Gasteiger partial charge in [-0.1, -0.05) is 6.07 Å². The van der Waals surface area contributed by atoms with Crippen molar-refractivity contribution in [3.63, 3.8) is 0 Å². The van der Waals surface area contributed by atoms with Crippen molar-refractivity contribution in [1.29, 1.82) is 0 Å². The monoisotopic (exact) mass is 305 g/mol. The maximum absolute atomic E-state index is 11.7. The Bertz CT molecular complexity index is 633. The number of urea groups is 1. The van der Waals surface area contributed by atoms with E-state index in [-0.39, 0.29) is 12.8 Å². The van der Waals surface area contributed by atoms with E-state index in [1.807, 2.05) is 45.9 Å². The molecule has 2 rings (SSSR count). The molecular formula is C15H19N3O2S. The molecule has 6 heteroatoms. The number of carbonyl (C=O) groups excluding carboxylic acids is 1. The number of amides is 2. The van der Waals surface area contributed by atoms with Crippen molar-refractivity contribution in [2.45, 2.75) is 27.7 Å². The SMILES string of the molecule is Cc1ccc(OCNC(=O)Nc2nc(C)c(C)s2)cc1C. The Labute approximate surface area is 128 Å². The van der Waals surface area contributed by atoms with Crippen LogP contribution in [-0.2, 0) is 0 Å². The largest absolute Gasteiger partial charge is 0.473 e. The van der Waals surface area contributed by atoms with Gasteiger partial charge in [0.15, 0.2) is 11.9 Å².